The van der Waals surface area contributed by atoms with Gasteiger partial charge < -0.3 is 9.64 Å². The number of ether oxygens (including phenoxy) is 1. The molecule has 0 bridgehead atoms. The smallest absolute Gasteiger partial charge is 0.272 e. The van der Waals surface area contributed by atoms with Gasteiger partial charge in [0, 0.05) is 31.6 Å². The van der Waals surface area contributed by atoms with Crippen molar-refractivity contribution in [2.45, 2.75) is 18.8 Å². The number of piperidine rings is 1. The van der Waals surface area contributed by atoms with Gasteiger partial charge in [-0.1, -0.05) is 23.5 Å². The van der Waals surface area contributed by atoms with Crippen molar-refractivity contribution in [3.8, 4) is 27.6 Å². The van der Waals surface area contributed by atoms with E-state index < -0.39 is 0 Å². The van der Waals surface area contributed by atoms with Crippen molar-refractivity contribution in [1.29, 1.82) is 0 Å². The van der Waals surface area contributed by atoms with E-state index in [4.69, 9.17) is 4.74 Å². The second-order valence-corrected chi connectivity index (χ2v) is 9.27. The number of hydrogen-bond donors (Lipinski definition) is 0. The summed E-state index contributed by atoms with van der Waals surface area (Å²) >= 11 is 1.59. The molecule has 1 fully saturated rings. The summed E-state index contributed by atoms with van der Waals surface area (Å²) in [6, 6.07) is 15.7. The van der Waals surface area contributed by atoms with E-state index in [0.717, 1.165) is 39.7 Å². The number of halogens is 1. The predicted molar refractivity (Wildman–Crippen MR) is 128 cm³/mol. The number of likely N-dealkylation sites (tertiary alicyclic amines) is 1. The van der Waals surface area contributed by atoms with Crippen LogP contribution in [0.25, 0.3) is 21.8 Å². The molecule has 174 valence electrons. The van der Waals surface area contributed by atoms with Gasteiger partial charge in [-0.15, -0.1) is 10.2 Å². The van der Waals surface area contributed by atoms with Gasteiger partial charge in [0.05, 0.1) is 18.4 Å². The summed E-state index contributed by atoms with van der Waals surface area (Å²) in [6.07, 6.45) is 1.66. The molecule has 2 aromatic carbocycles. The Balaban J connectivity index is 1.26. The van der Waals surface area contributed by atoms with Crippen LogP contribution < -0.4 is 4.74 Å². The topological polar surface area (TPSA) is 73.1 Å². The maximum atomic E-state index is 13.2. The SMILES string of the molecule is COc1ccccc1-c1nnc(C2CCN(C(=O)c3cc(-c4ccc(F)cc4)nn3C)CC2)s1. The van der Waals surface area contributed by atoms with E-state index in [1.807, 2.05) is 29.2 Å². The van der Waals surface area contributed by atoms with Gasteiger partial charge in [-0.25, -0.2) is 4.39 Å². The van der Waals surface area contributed by atoms with Crippen LogP contribution in [-0.2, 0) is 7.05 Å². The Bertz CT molecular complexity index is 1310. The van der Waals surface area contributed by atoms with Crippen LogP contribution in [0.2, 0.25) is 0 Å². The number of methoxy groups -OCH3 is 1. The van der Waals surface area contributed by atoms with Crippen LogP contribution in [0.3, 0.4) is 0 Å². The minimum Gasteiger partial charge on any atom is -0.496 e. The molecule has 0 atom stereocenters. The van der Waals surface area contributed by atoms with Crippen LogP contribution in [0, 0.1) is 5.82 Å². The van der Waals surface area contributed by atoms with E-state index in [1.54, 1.807) is 48.4 Å². The molecule has 1 amide bonds. The molecule has 0 unspecified atom stereocenters. The zero-order valence-electron chi connectivity index (χ0n) is 18.9. The molecule has 3 heterocycles. The number of hydrogen-bond acceptors (Lipinski definition) is 6. The second kappa shape index (κ2) is 9.34. The third-order valence-corrected chi connectivity index (χ3v) is 7.27. The van der Waals surface area contributed by atoms with Gasteiger partial charge >= 0.3 is 0 Å². The number of amides is 1. The molecular formula is C25H24FN5O2S. The van der Waals surface area contributed by atoms with E-state index in [1.165, 1.54) is 12.1 Å². The van der Waals surface area contributed by atoms with Gasteiger partial charge in [0.15, 0.2) is 5.01 Å². The Morgan fingerprint density at radius 3 is 2.56 bits per heavy atom. The van der Waals surface area contributed by atoms with Gasteiger partial charge in [-0.3, -0.25) is 9.48 Å². The molecule has 1 saturated heterocycles. The maximum Gasteiger partial charge on any atom is 0.272 e. The molecule has 34 heavy (non-hydrogen) atoms. The van der Waals surface area contributed by atoms with E-state index in [2.05, 4.69) is 15.3 Å². The number of aryl methyl sites for hydroxylation is 1. The fourth-order valence-electron chi connectivity index (χ4n) is 4.25. The van der Waals surface area contributed by atoms with Crippen LogP contribution in [0.5, 0.6) is 5.75 Å². The monoisotopic (exact) mass is 477 g/mol. The van der Waals surface area contributed by atoms with Crippen molar-refractivity contribution in [2.75, 3.05) is 20.2 Å². The Kier molecular flexibility index (Phi) is 6.10. The number of benzene rings is 2. The van der Waals surface area contributed by atoms with Crippen LogP contribution in [-0.4, -0.2) is 51.0 Å². The largest absolute Gasteiger partial charge is 0.496 e. The first-order valence-corrected chi connectivity index (χ1v) is 11.9. The molecule has 0 spiro atoms. The highest BCUT2D eigenvalue weighted by Crippen LogP contribution is 2.37. The normalized spacial score (nSPS) is 14.4. The summed E-state index contributed by atoms with van der Waals surface area (Å²) in [7, 11) is 3.41. The summed E-state index contributed by atoms with van der Waals surface area (Å²) in [5, 5.41) is 15.1. The average molecular weight is 478 g/mol. The highest BCUT2D eigenvalue weighted by molar-refractivity contribution is 7.14. The molecule has 0 N–H and O–H groups in total. The minimum absolute atomic E-state index is 0.0474. The molecule has 0 aliphatic carbocycles. The molecule has 4 aromatic rings. The van der Waals surface area contributed by atoms with Crippen molar-refractivity contribution in [3.05, 3.63) is 71.1 Å². The zero-order chi connectivity index (χ0) is 23.7. The van der Waals surface area contributed by atoms with Gasteiger partial charge in [0.1, 0.15) is 22.3 Å². The molecule has 1 aliphatic rings. The number of carbonyl (C=O) groups excluding carboxylic acids is 1. The summed E-state index contributed by atoms with van der Waals surface area (Å²) in [6.45, 7) is 1.29. The third-order valence-electron chi connectivity index (χ3n) is 6.15. The standard InChI is InChI=1S/C25H24FN5O2S/c1-30-21(15-20(29-30)16-7-9-18(26)10-8-16)25(32)31-13-11-17(12-14-31)23-27-28-24(34-23)19-5-3-4-6-22(19)33-2/h3-10,15,17H,11-14H2,1-2H3. The van der Waals surface area contributed by atoms with Crippen molar-refractivity contribution in [2.24, 2.45) is 7.05 Å². The van der Waals surface area contributed by atoms with Crippen molar-refractivity contribution in [3.63, 3.8) is 0 Å². The lowest BCUT2D eigenvalue weighted by atomic mass is 9.97. The Morgan fingerprint density at radius 1 is 1.09 bits per heavy atom. The number of carbonyl (C=O) groups is 1. The predicted octanol–water partition coefficient (Wildman–Crippen LogP) is 4.77. The molecule has 2 aromatic heterocycles. The lowest BCUT2D eigenvalue weighted by molar-refractivity contribution is 0.0701. The fourth-order valence-corrected chi connectivity index (χ4v) is 5.29. The Hall–Kier alpha value is -3.59. The molecule has 7 nitrogen and oxygen atoms in total. The van der Waals surface area contributed by atoms with Gasteiger partial charge in [0.25, 0.3) is 5.91 Å². The van der Waals surface area contributed by atoms with Crippen LogP contribution >= 0.6 is 11.3 Å². The van der Waals surface area contributed by atoms with Crippen LogP contribution in [0.1, 0.15) is 34.3 Å². The zero-order valence-corrected chi connectivity index (χ0v) is 19.8. The highest BCUT2D eigenvalue weighted by Gasteiger charge is 2.29. The molecule has 0 radical (unpaired) electrons. The second-order valence-electron chi connectivity index (χ2n) is 8.26. The summed E-state index contributed by atoms with van der Waals surface area (Å²) in [5.74, 6) is 0.700. The van der Waals surface area contributed by atoms with E-state index >= 15 is 0 Å². The Morgan fingerprint density at radius 2 is 1.82 bits per heavy atom. The number of para-hydroxylation sites is 1. The molecule has 1 aliphatic heterocycles. The first kappa shape index (κ1) is 22.2. The first-order chi connectivity index (χ1) is 16.5. The van der Waals surface area contributed by atoms with Crippen molar-refractivity contribution in [1.82, 2.24) is 24.9 Å². The van der Waals surface area contributed by atoms with Crippen LogP contribution in [0.4, 0.5) is 4.39 Å². The van der Waals surface area contributed by atoms with Crippen molar-refractivity contribution >= 4 is 17.2 Å². The number of nitrogens with zero attached hydrogens (tertiary/aromatic N) is 5. The van der Waals surface area contributed by atoms with Gasteiger partial charge in [-0.2, -0.15) is 5.10 Å². The third kappa shape index (κ3) is 4.31. The minimum atomic E-state index is -0.302. The Labute approximate surface area is 200 Å². The van der Waals surface area contributed by atoms with E-state index in [9.17, 15) is 9.18 Å². The van der Waals surface area contributed by atoms with E-state index in [0.29, 0.717) is 24.5 Å². The first-order valence-electron chi connectivity index (χ1n) is 11.1. The molecule has 5 rings (SSSR count). The lowest BCUT2D eigenvalue weighted by Gasteiger charge is -2.30. The quantitative estimate of drug-likeness (QED) is 0.414. The van der Waals surface area contributed by atoms with Gasteiger partial charge in [0.2, 0.25) is 0 Å². The summed E-state index contributed by atoms with van der Waals surface area (Å²) < 4.78 is 20.3. The fraction of sp³-hybridized carbons (Fsp3) is 0.280. The van der Waals surface area contributed by atoms with Crippen molar-refractivity contribution < 1.29 is 13.9 Å². The molecular weight excluding hydrogens is 453 g/mol. The lowest BCUT2D eigenvalue weighted by Crippen LogP contribution is -2.38. The number of aromatic nitrogens is 4. The maximum absolute atomic E-state index is 13.2. The van der Waals surface area contributed by atoms with Gasteiger partial charge in [-0.05, 0) is 55.3 Å². The van der Waals surface area contributed by atoms with E-state index in [-0.39, 0.29) is 17.6 Å². The summed E-state index contributed by atoms with van der Waals surface area (Å²) in [5.41, 5.74) is 2.89. The van der Waals surface area contributed by atoms with Crippen LogP contribution in [0.15, 0.2) is 54.6 Å². The highest BCUT2D eigenvalue weighted by atomic mass is 32.1. The summed E-state index contributed by atoms with van der Waals surface area (Å²) in [4.78, 5) is 15.1. The molecule has 0 saturated carbocycles. The average Bonchev–Trinajstić information content (AvgIpc) is 3.51. The number of rotatable bonds is 5. The molecule has 9 heteroatoms.